The summed E-state index contributed by atoms with van der Waals surface area (Å²) >= 11 is 4.78. The Bertz CT molecular complexity index is 658. The molecule has 0 spiro atoms. The molecule has 1 aromatic carbocycles. The molecule has 21 heavy (non-hydrogen) atoms. The van der Waals surface area contributed by atoms with Gasteiger partial charge in [0, 0.05) is 10.9 Å². The van der Waals surface area contributed by atoms with E-state index in [1.165, 1.54) is 11.3 Å². The average Bonchev–Trinajstić information content (AvgIpc) is 2.84. The SMILES string of the molecule is CCOc1cc(C(=O)Nc2nc(C)cs2)cc(Br)c1OC. The van der Waals surface area contributed by atoms with Crippen LogP contribution in [0.2, 0.25) is 0 Å². The van der Waals surface area contributed by atoms with Crippen molar-refractivity contribution in [3.8, 4) is 11.5 Å². The van der Waals surface area contributed by atoms with Crippen molar-refractivity contribution in [3.63, 3.8) is 0 Å². The van der Waals surface area contributed by atoms with Gasteiger partial charge in [-0.1, -0.05) is 0 Å². The molecule has 0 saturated carbocycles. The van der Waals surface area contributed by atoms with E-state index in [-0.39, 0.29) is 5.91 Å². The van der Waals surface area contributed by atoms with E-state index in [1.54, 1.807) is 19.2 Å². The molecule has 0 aliphatic carbocycles. The molecule has 2 rings (SSSR count). The maximum absolute atomic E-state index is 12.3. The van der Waals surface area contributed by atoms with Gasteiger partial charge in [-0.15, -0.1) is 11.3 Å². The normalized spacial score (nSPS) is 10.3. The van der Waals surface area contributed by atoms with Crippen LogP contribution in [0, 0.1) is 6.92 Å². The largest absolute Gasteiger partial charge is 0.492 e. The number of nitrogens with zero attached hydrogens (tertiary/aromatic N) is 1. The zero-order chi connectivity index (χ0) is 15.4. The van der Waals surface area contributed by atoms with Gasteiger partial charge in [-0.2, -0.15) is 0 Å². The zero-order valence-electron chi connectivity index (χ0n) is 11.9. The zero-order valence-corrected chi connectivity index (χ0v) is 14.3. The summed E-state index contributed by atoms with van der Waals surface area (Å²) in [5.74, 6) is 0.849. The predicted molar refractivity (Wildman–Crippen MR) is 86.7 cm³/mol. The fourth-order valence-corrected chi connectivity index (χ4v) is 3.03. The summed E-state index contributed by atoms with van der Waals surface area (Å²) in [6.07, 6.45) is 0. The minimum Gasteiger partial charge on any atom is -0.492 e. The number of aryl methyl sites for hydroxylation is 1. The number of nitrogens with one attached hydrogen (secondary N) is 1. The highest BCUT2D eigenvalue weighted by molar-refractivity contribution is 9.10. The van der Waals surface area contributed by atoms with E-state index in [4.69, 9.17) is 9.47 Å². The lowest BCUT2D eigenvalue weighted by atomic mass is 10.2. The summed E-state index contributed by atoms with van der Waals surface area (Å²) in [6.45, 7) is 4.24. The molecule has 0 aliphatic heterocycles. The molecule has 1 amide bonds. The first-order valence-corrected chi connectivity index (χ1v) is 7.96. The number of carbonyl (C=O) groups is 1. The molecule has 0 unspecified atom stereocenters. The standard InChI is InChI=1S/C14H15BrN2O3S/c1-4-20-11-6-9(5-10(15)12(11)19-3)13(18)17-14-16-8(2)7-21-14/h5-7H,4H2,1-3H3,(H,16,17,18). The lowest BCUT2D eigenvalue weighted by Crippen LogP contribution is -2.12. The lowest BCUT2D eigenvalue weighted by molar-refractivity contribution is 0.102. The molecule has 112 valence electrons. The van der Waals surface area contributed by atoms with Gasteiger partial charge < -0.3 is 9.47 Å². The fourth-order valence-electron chi connectivity index (χ4n) is 1.74. The van der Waals surface area contributed by atoms with E-state index in [2.05, 4.69) is 26.2 Å². The third kappa shape index (κ3) is 3.74. The Hall–Kier alpha value is -1.60. The van der Waals surface area contributed by atoms with Crippen molar-refractivity contribution in [2.45, 2.75) is 13.8 Å². The molecule has 0 saturated heterocycles. The van der Waals surface area contributed by atoms with Gasteiger partial charge in [0.1, 0.15) is 0 Å². The van der Waals surface area contributed by atoms with Crippen LogP contribution in [0.1, 0.15) is 23.0 Å². The number of hydrogen-bond donors (Lipinski definition) is 1. The summed E-state index contributed by atoms with van der Waals surface area (Å²) in [5.41, 5.74) is 1.35. The van der Waals surface area contributed by atoms with Crippen LogP contribution in [0.3, 0.4) is 0 Å². The van der Waals surface area contributed by atoms with Crippen molar-refractivity contribution in [1.82, 2.24) is 4.98 Å². The van der Waals surface area contributed by atoms with Gasteiger partial charge in [0.2, 0.25) is 0 Å². The second-order valence-electron chi connectivity index (χ2n) is 4.17. The van der Waals surface area contributed by atoms with Crippen LogP contribution in [0.4, 0.5) is 5.13 Å². The highest BCUT2D eigenvalue weighted by Gasteiger charge is 2.16. The Morgan fingerprint density at radius 1 is 1.48 bits per heavy atom. The number of thiazole rings is 1. The fraction of sp³-hybridized carbons (Fsp3) is 0.286. The molecule has 1 heterocycles. The number of rotatable bonds is 5. The quantitative estimate of drug-likeness (QED) is 0.867. The molecule has 0 fully saturated rings. The Labute approximate surface area is 135 Å². The molecule has 1 aromatic heterocycles. The van der Waals surface area contributed by atoms with Crippen LogP contribution in [0.15, 0.2) is 22.0 Å². The first-order chi connectivity index (χ1) is 10.0. The van der Waals surface area contributed by atoms with Gasteiger partial charge in [0.05, 0.1) is 23.9 Å². The number of carbonyl (C=O) groups excluding carboxylic acids is 1. The molecule has 0 atom stereocenters. The van der Waals surface area contributed by atoms with E-state index in [0.717, 1.165) is 5.69 Å². The predicted octanol–water partition coefficient (Wildman–Crippen LogP) is 3.87. The van der Waals surface area contributed by atoms with E-state index in [0.29, 0.717) is 33.3 Å². The molecule has 5 nitrogen and oxygen atoms in total. The first-order valence-electron chi connectivity index (χ1n) is 6.29. The maximum atomic E-state index is 12.3. The van der Waals surface area contributed by atoms with Crippen molar-refractivity contribution < 1.29 is 14.3 Å². The Balaban J connectivity index is 2.28. The number of halogens is 1. The molecule has 1 N–H and O–H groups in total. The number of anilines is 1. The highest BCUT2D eigenvalue weighted by Crippen LogP contribution is 2.36. The molecule has 0 aliphatic rings. The van der Waals surface area contributed by atoms with Crippen LogP contribution < -0.4 is 14.8 Å². The van der Waals surface area contributed by atoms with Crippen molar-refractivity contribution in [2.75, 3.05) is 19.0 Å². The number of benzene rings is 1. The van der Waals surface area contributed by atoms with Gasteiger partial charge in [0.15, 0.2) is 16.6 Å². The van der Waals surface area contributed by atoms with E-state index in [9.17, 15) is 4.79 Å². The number of hydrogen-bond acceptors (Lipinski definition) is 5. The van der Waals surface area contributed by atoms with Crippen molar-refractivity contribution in [1.29, 1.82) is 0 Å². The van der Waals surface area contributed by atoms with Crippen LogP contribution in [0.25, 0.3) is 0 Å². The summed E-state index contributed by atoms with van der Waals surface area (Å²) in [6, 6.07) is 3.35. The van der Waals surface area contributed by atoms with Crippen molar-refractivity contribution in [3.05, 3.63) is 33.2 Å². The molecule has 2 aromatic rings. The van der Waals surface area contributed by atoms with Gasteiger partial charge in [-0.3, -0.25) is 10.1 Å². The molecular weight excluding hydrogens is 356 g/mol. The Morgan fingerprint density at radius 3 is 2.81 bits per heavy atom. The summed E-state index contributed by atoms with van der Waals surface area (Å²) in [5, 5.41) is 5.22. The molecular formula is C14H15BrN2O3S. The topological polar surface area (TPSA) is 60.5 Å². The highest BCUT2D eigenvalue weighted by atomic mass is 79.9. The first kappa shape index (κ1) is 15.8. The van der Waals surface area contributed by atoms with Crippen molar-refractivity contribution >= 4 is 38.3 Å². The Morgan fingerprint density at radius 2 is 2.24 bits per heavy atom. The average molecular weight is 371 g/mol. The molecule has 7 heteroatoms. The van der Waals surface area contributed by atoms with E-state index < -0.39 is 0 Å². The van der Waals surface area contributed by atoms with Crippen LogP contribution in [-0.2, 0) is 0 Å². The van der Waals surface area contributed by atoms with Crippen LogP contribution >= 0.6 is 27.3 Å². The Kier molecular flexibility index (Phi) is 5.19. The third-order valence-electron chi connectivity index (χ3n) is 2.62. The number of methoxy groups -OCH3 is 1. The van der Waals surface area contributed by atoms with E-state index >= 15 is 0 Å². The van der Waals surface area contributed by atoms with Gasteiger partial charge in [-0.05, 0) is 41.9 Å². The van der Waals surface area contributed by atoms with Crippen molar-refractivity contribution in [2.24, 2.45) is 0 Å². The van der Waals surface area contributed by atoms with Crippen LogP contribution in [-0.4, -0.2) is 24.6 Å². The maximum Gasteiger partial charge on any atom is 0.257 e. The lowest BCUT2D eigenvalue weighted by Gasteiger charge is -2.12. The molecule has 0 radical (unpaired) electrons. The van der Waals surface area contributed by atoms with Gasteiger partial charge in [-0.25, -0.2) is 4.98 Å². The smallest absolute Gasteiger partial charge is 0.257 e. The molecule has 0 bridgehead atoms. The van der Waals surface area contributed by atoms with Crippen LogP contribution in [0.5, 0.6) is 11.5 Å². The second-order valence-corrected chi connectivity index (χ2v) is 5.88. The second kappa shape index (κ2) is 6.91. The van der Waals surface area contributed by atoms with Gasteiger partial charge in [0.25, 0.3) is 5.91 Å². The van der Waals surface area contributed by atoms with E-state index in [1.807, 2.05) is 19.2 Å². The summed E-state index contributed by atoms with van der Waals surface area (Å²) in [7, 11) is 1.56. The number of aromatic nitrogens is 1. The minimum absolute atomic E-state index is 0.242. The third-order valence-corrected chi connectivity index (χ3v) is 4.08. The minimum atomic E-state index is -0.242. The monoisotopic (exact) mass is 370 g/mol. The number of ether oxygens (including phenoxy) is 2. The summed E-state index contributed by atoms with van der Waals surface area (Å²) < 4.78 is 11.4. The number of amides is 1. The summed E-state index contributed by atoms with van der Waals surface area (Å²) in [4.78, 5) is 16.5. The van der Waals surface area contributed by atoms with Gasteiger partial charge >= 0.3 is 0 Å².